The molecule has 2 aliphatic heterocycles. The van der Waals surface area contributed by atoms with Gasteiger partial charge in [-0.05, 0) is 39.2 Å². The topological polar surface area (TPSA) is 49.4 Å². The maximum Gasteiger partial charge on any atom is 0.225 e. The minimum absolute atomic E-state index is 0.0633. The number of nitrogens with one attached hydrogen (secondary N) is 1. The molecule has 0 aliphatic carbocycles. The predicted molar refractivity (Wildman–Crippen MR) is 90.3 cm³/mol. The van der Waals surface area contributed by atoms with Gasteiger partial charge in [0, 0.05) is 36.5 Å². The van der Waals surface area contributed by atoms with Crippen molar-refractivity contribution in [3.8, 4) is 0 Å². The van der Waals surface area contributed by atoms with Gasteiger partial charge in [-0.3, -0.25) is 9.59 Å². The number of nitrogens with zero attached hydrogens (tertiary/aromatic N) is 1. The molecule has 0 saturated carbocycles. The van der Waals surface area contributed by atoms with E-state index in [1.807, 2.05) is 35.2 Å². The Morgan fingerprint density at radius 2 is 1.74 bits per heavy atom. The lowest BCUT2D eigenvalue weighted by Crippen LogP contribution is -2.47. The zero-order chi connectivity index (χ0) is 16.2. The Balaban J connectivity index is 1.54. The minimum atomic E-state index is 0.0633. The average molecular weight is 314 g/mol. The number of carbonyl (C=O) groups is 2. The van der Waals surface area contributed by atoms with Crippen LogP contribution in [0.3, 0.4) is 0 Å². The Morgan fingerprint density at radius 3 is 2.39 bits per heavy atom. The van der Waals surface area contributed by atoms with Gasteiger partial charge in [-0.25, -0.2) is 0 Å². The molecule has 2 atom stereocenters. The normalized spacial score (nSPS) is 26.0. The second kappa shape index (κ2) is 7.26. The quantitative estimate of drug-likeness (QED) is 0.872. The molecule has 1 aromatic carbocycles. The number of carbonyl (C=O) groups excluding carboxylic acids is 2. The first-order valence-corrected chi connectivity index (χ1v) is 8.76. The zero-order valence-electron chi connectivity index (χ0n) is 13.8. The van der Waals surface area contributed by atoms with Crippen LogP contribution in [0, 0.1) is 11.8 Å². The first kappa shape index (κ1) is 16.2. The van der Waals surface area contributed by atoms with Crippen molar-refractivity contribution in [1.29, 1.82) is 0 Å². The van der Waals surface area contributed by atoms with E-state index in [-0.39, 0.29) is 17.6 Å². The van der Waals surface area contributed by atoms with Gasteiger partial charge in [-0.15, -0.1) is 0 Å². The van der Waals surface area contributed by atoms with Gasteiger partial charge in [-0.1, -0.05) is 30.3 Å². The van der Waals surface area contributed by atoms with E-state index in [9.17, 15) is 9.59 Å². The Kier molecular flexibility index (Phi) is 5.11. The van der Waals surface area contributed by atoms with Crippen LogP contribution in [0.4, 0.5) is 0 Å². The molecule has 2 saturated heterocycles. The van der Waals surface area contributed by atoms with Crippen molar-refractivity contribution in [2.24, 2.45) is 11.8 Å². The zero-order valence-corrected chi connectivity index (χ0v) is 13.8. The van der Waals surface area contributed by atoms with Crippen LogP contribution >= 0.6 is 0 Å². The molecule has 4 heteroatoms. The Hall–Kier alpha value is -1.68. The van der Waals surface area contributed by atoms with Gasteiger partial charge < -0.3 is 10.2 Å². The smallest absolute Gasteiger partial charge is 0.225 e. The van der Waals surface area contributed by atoms with Crippen LogP contribution in [0.1, 0.15) is 43.0 Å². The Bertz CT molecular complexity index is 550. The second-order valence-corrected chi connectivity index (χ2v) is 6.91. The number of hydrogen-bond donors (Lipinski definition) is 1. The minimum Gasteiger partial charge on any atom is -0.342 e. The Labute approximate surface area is 138 Å². The molecule has 3 rings (SSSR count). The van der Waals surface area contributed by atoms with E-state index >= 15 is 0 Å². The maximum atomic E-state index is 12.7. The molecule has 0 spiro atoms. The lowest BCUT2D eigenvalue weighted by molar-refractivity contribution is -0.138. The highest BCUT2D eigenvalue weighted by Gasteiger charge is 2.32. The summed E-state index contributed by atoms with van der Waals surface area (Å²) < 4.78 is 0. The van der Waals surface area contributed by atoms with Gasteiger partial charge in [0.1, 0.15) is 0 Å². The summed E-state index contributed by atoms with van der Waals surface area (Å²) in [7, 11) is 0. The van der Waals surface area contributed by atoms with E-state index in [0.717, 1.165) is 50.9 Å². The fourth-order valence-corrected chi connectivity index (χ4v) is 3.81. The predicted octanol–water partition coefficient (Wildman–Crippen LogP) is 2.50. The van der Waals surface area contributed by atoms with Crippen LogP contribution in [0.2, 0.25) is 0 Å². The van der Waals surface area contributed by atoms with E-state index < -0.39 is 0 Å². The molecule has 2 heterocycles. The van der Waals surface area contributed by atoms with Crippen molar-refractivity contribution in [2.45, 2.75) is 38.6 Å². The molecule has 0 bridgehead atoms. The van der Waals surface area contributed by atoms with Crippen LogP contribution in [-0.4, -0.2) is 42.3 Å². The fraction of sp³-hybridized carbons (Fsp3) is 0.579. The molecule has 4 nitrogen and oxygen atoms in total. The molecule has 1 amide bonds. The van der Waals surface area contributed by atoms with Gasteiger partial charge >= 0.3 is 0 Å². The molecule has 2 aliphatic rings. The van der Waals surface area contributed by atoms with E-state index in [4.69, 9.17) is 0 Å². The molecule has 23 heavy (non-hydrogen) atoms. The number of Topliss-reactive ketones (excluding diaryl/α,β-unsaturated/α-hetero) is 1. The lowest BCUT2D eigenvalue weighted by Gasteiger charge is -2.36. The van der Waals surface area contributed by atoms with Gasteiger partial charge in [0.15, 0.2) is 5.78 Å². The highest BCUT2D eigenvalue weighted by molar-refractivity contribution is 5.98. The molecule has 1 aromatic rings. The third-order valence-electron chi connectivity index (χ3n) is 5.21. The number of hydrogen-bond acceptors (Lipinski definition) is 3. The van der Waals surface area contributed by atoms with Crippen molar-refractivity contribution in [3.05, 3.63) is 35.9 Å². The summed E-state index contributed by atoms with van der Waals surface area (Å²) in [4.78, 5) is 27.2. The number of benzene rings is 1. The van der Waals surface area contributed by atoms with Crippen LogP contribution in [0.5, 0.6) is 0 Å². The van der Waals surface area contributed by atoms with Crippen LogP contribution < -0.4 is 5.32 Å². The van der Waals surface area contributed by atoms with Gasteiger partial charge in [-0.2, -0.15) is 0 Å². The number of amides is 1. The maximum absolute atomic E-state index is 12.7. The van der Waals surface area contributed by atoms with Gasteiger partial charge in [0.25, 0.3) is 0 Å². The highest BCUT2D eigenvalue weighted by atomic mass is 16.2. The third-order valence-corrected chi connectivity index (χ3v) is 5.21. The van der Waals surface area contributed by atoms with Crippen molar-refractivity contribution in [1.82, 2.24) is 10.2 Å². The largest absolute Gasteiger partial charge is 0.342 e. The number of rotatable bonds is 3. The van der Waals surface area contributed by atoms with Crippen molar-refractivity contribution in [2.75, 3.05) is 19.6 Å². The SMILES string of the molecule is C[C@H]1C[C@@H](C(=O)N2CCC(C(=O)c3ccccc3)CC2)CCN1. The number of likely N-dealkylation sites (tertiary alicyclic amines) is 1. The van der Waals surface area contributed by atoms with Crippen molar-refractivity contribution >= 4 is 11.7 Å². The molecule has 124 valence electrons. The third kappa shape index (κ3) is 3.81. The summed E-state index contributed by atoms with van der Waals surface area (Å²) in [5.41, 5.74) is 0.796. The monoisotopic (exact) mass is 314 g/mol. The molecule has 0 radical (unpaired) electrons. The standard InChI is InChI=1S/C19H26N2O2/c1-14-13-17(7-10-20-14)19(23)21-11-8-16(9-12-21)18(22)15-5-3-2-4-6-15/h2-6,14,16-17,20H,7-13H2,1H3/t14-,17-/m0/s1. The first-order chi connectivity index (χ1) is 11.1. The molecule has 0 aromatic heterocycles. The summed E-state index contributed by atoms with van der Waals surface area (Å²) in [5, 5.41) is 3.39. The van der Waals surface area contributed by atoms with Gasteiger partial charge in [0.05, 0.1) is 0 Å². The van der Waals surface area contributed by atoms with Crippen LogP contribution in [0.25, 0.3) is 0 Å². The summed E-state index contributed by atoms with van der Waals surface area (Å²) in [5.74, 6) is 0.748. The number of piperidine rings is 2. The Morgan fingerprint density at radius 1 is 1.04 bits per heavy atom. The van der Waals surface area contributed by atoms with E-state index in [0.29, 0.717) is 11.9 Å². The lowest BCUT2D eigenvalue weighted by atomic mass is 9.87. The molecular weight excluding hydrogens is 288 g/mol. The molecular formula is C19H26N2O2. The van der Waals surface area contributed by atoms with E-state index in [1.54, 1.807) is 0 Å². The van der Waals surface area contributed by atoms with E-state index in [1.165, 1.54) is 0 Å². The summed E-state index contributed by atoms with van der Waals surface area (Å²) in [6, 6.07) is 9.94. The molecule has 2 fully saturated rings. The first-order valence-electron chi connectivity index (χ1n) is 8.76. The van der Waals surface area contributed by atoms with Crippen LogP contribution in [-0.2, 0) is 4.79 Å². The second-order valence-electron chi connectivity index (χ2n) is 6.91. The number of ketones is 1. The van der Waals surface area contributed by atoms with Gasteiger partial charge in [0.2, 0.25) is 5.91 Å². The molecule has 0 unspecified atom stereocenters. The van der Waals surface area contributed by atoms with Crippen LogP contribution in [0.15, 0.2) is 30.3 Å². The van der Waals surface area contributed by atoms with E-state index in [2.05, 4.69) is 12.2 Å². The average Bonchev–Trinajstić information content (AvgIpc) is 2.61. The summed E-state index contributed by atoms with van der Waals surface area (Å²) >= 11 is 0. The molecule has 1 N–H and O–H groups in total. The summed E-state index contributed by atoms with van der Waals surface area (Å²) in [6.45, 7) is 4.52. The summed E-state index contributed by atoms with van der Waals surface area (Å²) in [6.07, 6.45) is 3.45. The fourth-order valence-electron chi connectivity index (χ4n) is 3.81. The highest BCUT2D eigenvalue weighted by Crippen LogP contribution is 2.25. The van der Waals surface area contributed by atoms with Crippen molar-refractivity contribution < 1.29 is 9.59 Å². The van der Waals surface area contributed by atoms with Crippen molar-refractivity contribution in [3.63, 3.8) is 0 Å².